The molecule has 2 fully saturated rings. The number of unbranched alkanes of at least 4 members (excludes halogenated alkanes) is 3. The number of thiazole rings is 1. The number of benzene rings is 3. The van der Waals surface area contributed by atoms with Crippen LogP contribution in [0.25, 0.3) is 10.4 Å². The van der Waals surface area contributed by atoms with E-state index >= 15 is 0 Å². The third-order valence-electron chi connectivity index (χ3n) is 12.8. The largest absolute Gasteiger partial charge is 0.494 e. The van der Waals surface area contributed by atoms with Gasteiger partial charge < -0.3 is 39.8 Å². The number of ether oxygens (including phenoxy) is 3. The minimum absolute atomic E-state index is 0.0229. The van der Waals surface area contributed by atoms with Crippen molar-refractivity contribution in [2.75, 3.05) is 44.5 Å². The van der Waals surface area contributed by atoms with Gasteiger partial charge in [0.15, 0.2) is 5.78 Å². The van der Waals surface area contributed by atoms with E-state index < -0.39 is 64.2 Å². The van der Waals surface area contributed by atoms with Crippen LogP contribution < -0.4 is 20.3 Å². The first-order valence-corrected chi connectivity index (χ1v) is 25.3. The number of alkyl halides is 3. The molecule has 2 aliphatic heterocycles. The summed E-state index contributed by atoms with van der Waals surface area (Å²) in [6.45, 7) is 12.7. The molecule has 3 heterocycles. The van der Waals surface area contributed by atoms with Gasteiger partial charge in [-0.15, -0.1) is 11.3 Å². The molecular formula is C53H63F3N6O8S2. The Labute approximate surface area is 428 Å². The summed E-state index contributed by atoms with van der Waals surface area (Å²) in [6, 6.07) is 17.8. The highest BCUT2D eigenvalue weighted by molar-refractivity contribution is 7.80. The van der Waals surface area contributed by atoms with Crippen molar-refractivity contribution in [1.82, 2.24) is 20.5 Å². The van der Waals surface area contributed by atoms with Gasteiger partial charge in [0, 0.05) is 45.0 Å². The van der Waals surface area contributed by atoms with E-state index in [0.717, 1.165) is 59.5 Å². The van der Waals surface area contributed by atoms with Crippen LogP contribution in [0.1, 0.15) is 107 Å². The van der Waals surface area contributed by atoms with E-state index in [1.54, 1.807) is 65.9 Å². The van der Waals surface area contributed by atoms with Crippen molar-refractivity contribution in [3.63, 3.8) is 0 Å². The first-order valence-electron chi connectivity index (χ1n) is 24.0. The first kappa shape index (κ1) is 55.5. The SMILES string of the molecule is Cc1ncsc1-c1ccc(CNC(=O)[C@@H]2C[C@@H](O)CN2C(=O)[C@@H](NC(=O)COCCCCOCCCCCOc2ccc(N3C(=S)C(c4ccc(C#N)c(C(F)(F)F)c4)C(=O)C3(C)C)cc2)C(C)(C)C)cc1. The molecule has 72 heavy (non-hydrogen) atoms. The Bertz CT molecular complexity index is 2590. The number of hydrogen-bond acceptors (Lipinski definition) is 12. The summed E-state index contributed by atoms with van der Waals surface area (Å²) < 4.78 is 58.5. The summed E-state index contributed by atoms with van der Waals surface area (Å²) in [7, 11) is 0. The Morgan fingerprint density at radius 1 is 0.958 bits per heavy atom. The summed E-state index contributed by atoms with van der Waals surface area (Å²) in [6.07, 6.45) is -1.68. The smallest absolute Gasteiger partial charge is 0.417 e. The molecule has 0 bridgehead atoms. The molecule has 1 aromatic heterocycles. The van der Waals surface area contributed by atoms with E-state index in [2.05, 4.69) is 15.6 Å². The van der Waals surface area contributed by atoms with Gasteiger partial charge in [0.05, 0.1) is 62.4 Å². The van der Waals surface area contributed by atoms with E-state index in [-0.39, 0.29) is 48.4 Å². The van der Waals surface area contributed by atoms with Crippen LogP contribution in [0.3, 0.4) is 0 Å². The number of aryl methyl sites for hydroxylation is 1. The number of anilines is 1. The highest BCUT2D eigenvalue weighted by Crippen LogP contribution is 2.43. The lowest BCUT2D eigenvalue weighted by Gasteiger charge is -2.35. The average molecular weight is 1030 g/mol. The number of aromatic nitrogens is 1. The lowest BCUT2D eigenvalue weighted by atomic mass is 9.85. The fraction of sp³-hybridized carbons (Fsp3) is 0.491. The molecule has 0 saturated carbocycles. The average Bonchev–Trinajstić information content (AvgIpc) is 4.00. The lowest BCUT2D eigenvalue weighted by Crippen LogP contribution is -2.58. The second kappa shape index (κ2) is 24.3. The number of carbonyl (C=O) groups is 4. The molecular weight excluding hydrogens is 970 g/mol. The van der Waals surface area contributed by atoms with Gasteiger partial charge in [0.25, 0.3) is 0 Å². The van der Waals surface area contributed by atoms with E-state index in [4.69, 9.17) is 26.4 Å². The van der Waals surface area contributed by atoms with Crippen LogP contribution in [-0.2, 0) is 41.4 Å². The van der Waals surface area contributed by atoms with Crippen LogP contribution in [0.15, 0.2) is 72.2 Å². The van der Waals surface area contributed by atoms with Gasteiger partial charge in [-0.05, 0) is 111 Å². The summed E-state index contributed by atoms with van der Waals surface area (Å²) in [5, 5.41) is 25.5. The highest BCUT2D eigenvalue weighted by Gasteiger charge is 2.52. The van der Waals surface area contributed by atoms with Gasteiger partial charge in [0.1, 0.15) is 24.4 Å². The third-order valence-corrected chi connectivity index (χ3v) is 14.2. The Kier molecular flexibility index (Phi) is 18.7. The number of aliphatic hydroxyl groups excluding tert-OH is 1. The maximum atomic E-state index is 13.9. The van der Waals surface area contributed by atoms with Crippen molar-refractivity contribution in [2.45, 2.75) is 122 Å². The van der Waals surface area contributed by atoms with Crippen molar-refractivity contribution in [3.8, 4) is 22.3 Å². The molecule has 3 amide bonds. The zero-order chi connectivity index (χ0) is 52.4. The fourth-order valence-corrected chi connectivity index (χ4v) is 10.2. The number of halogens is 3. The highest BCUT2D eigenvalue weighted by atomic mass is 32.1. The molecule has 2 aliphatic rings. The molecule has 4 atom stereocenters. The number of carbonyl (C=O) groups excluding carboxylic acids is 4. The molecule has 1 unspecified atom stereocenters. The molecule has 2 saturated heterocycles. The van der Waals surface area contributed by atoms with Gasteiger partial charge in [-0.25, -0.2) is 4.98 Å². The van der Waals surface area contributed by atoms with Crippen molar-refractivity contribution in [1.29, 1.82) is 5.26 Å². The van der Waals surface area contributed by atoms with Crippen molar-refractivity contribution < 1.29 is 51.7 Å². The summed E-state index contributed by atoms with van der Waals surface area (Å²) in [5.74, 6) is -2.11. The Balaban J connectivity index is 0.836. The molecule has 3 N–H and O–H groups in total. The van der Waals surface area contributed by atoms with Crippen LogP contribution in [0.2, 0.25) is 0 Å². The van der Waals surface area contributed by atoms with Crippen LogP contribution in [0.4, 0.5) is 18.9 Å². The molecule has 19 heteroatoms. The molecule has 386 valence electrons. The molecule has 14 nitrogen and oxygen atoms in total. The predicted octanol–water partition coefficient (Wildman–Crippen LogP) is 8.46. The second-order valence-electron chi connectivity index (χ2n) is 19.7. The molecule has 4 aromatic rings. The first-order chi connectivity index (χ1) is 34.1. The number of β-amino-alcohol motifs (C(OH)–C–C–N with tert-alkyl or cyclic N) is 1. The normalized spacial score (nSPS) is 18.3. The van der Waals surface area contributed by atoms with Crippen molar-refractivity contribution >= 4 is 57.7 Å². The summed E-state index contributed by atoms with van der Waals surface area (Å²) in [5.41, 5.74) is 1.90. The molecule has 0 aliphatic carbocycles. The topological polar surface area (TPSA) is 183 Å². The number of nitrogens with one attached hydrogen (secondary N) is 2. The number of nitriles is 1. The molecule has 0 spiro atoms. The van der Waals surface area contributed by atoms with E-state index in [9.17, 15) is 42.7 Å². The van der Waals surface area contributed by atoms with Crippen molar-refractivity contribution in [2.24, 2.45) is 5.41 Å². The quantitative estimate of drug-likeness (QED) is 0.0505. The van der Waals surface area contributed by atoms with Gasteiger partial charge >= 0.3 is 6.18 Å². The zero-order valence-electron chi connectivity index (χ0n) is 41.5. The number of ketones is 1. The number of aliphatic hydroxyl groups is 1. The lowest BCUT2D eigenvalue weighted by molar-refractivity contribution is -0.144. The van der Waals surface area contributed by atoms with E-state index in [0.29, 0.717) is 44.3 Å². The minimum Gasteiger partial charge on any atom is -0.494 e. The maximum absolute atomic E-state index is 13.9. The van der Waals surface area contributed by atoms with Crippen LogP contribution in [0.5, 0.6) is 5.75 Å². The van der Waals surface area contributed by atoms with Crippen molar-refractivity contribution in [3.05, 3.63) is 100 Å². The Morgan fingerprint density at radius 3 is 2.24 bits per heavy atom. The monoisotopic (exact) mass is 1030 g/mol. The van der Waals surface area contributed by atoms with Gasteiger partial charge in [-0.3, -0.25) is 19.2 Å². The standard InChI is InChI=1S/C53H63F3N6O8S2/c1-33-45(72-32-59-33)35-14-12-34(13-15-35)29-58-48(66)42-27-39(63)30-61(42)49(67)46(51(2,3)4)60-43(64)31-69-24-11-10-23-68-22-8-7-9-25-70-40-20-18-38(19-21-40)62-50(71)44(47(65)52(62,5)6)36-16-17-37(28-57)41(26-36)53(54,55)56/h12-21,26,32,39,42,44,46,63H,7-11,22-25,27,29-31H2,1-6H3,(H,58,66)(H,60,64)/t39-,42+,44?,46-/m1/s1. The number of rotatable bonds is 22. The fourth-order valence-electron chi connectivity index (χ4n) is 8.82. The van der Waals surface area contributed by atoms with Crippen LogP contribution in [0, 0.1) is 23.7 Å². The number of likely N-dealkylation sites (tertiary alicyclic amines) is 1. The number of thiocarbonyl (C=S) groups is 1. The number of amides is 3. The van der Waals surface area contributed by atoms with Crippen LogP contribution in [-0.4, -0.2) is 107 Å². The zero-order valence-corrected chi connectivity index (χ0v) is 43.1. The number of Topliss-reactive ketones (excluding diaryl/α,β-unsaturated/α-hetero) is 1. The summed E-state index contributed by atoms with van der Waals surface area (Å²) >= 11 is 7.26. The molecule has 0 radical (unpaired) electrons. The third kappa shape index (κ3) is 13.8. The van der Waals surface area contributed by atoms with E-state index in [1.165, 1.54) is 11.0 Å². The number of hydrogen-bond donors (Lipinski definition) is 3. The minimum atomic E-state index is -4.77. The summed E-state index contributed by atoms with van der Waals surface area (Å²) in [4.78, 5) is 62.6. The van der Waals surface area contributed by atoms with Gasteiger partial charge in [0.2, 0.25) is 17.7 Å². The second-order valence-corrected chi connectivity index (χ2v) is 20.9. The Morgan fingerprint density at radius 2 is 1.61 bits per heavy atom. The maximum Gasteiger partial charge on any atom is 0.417 e. The predicted molar refractivity (Wildman–Crippen MR) is 271 cm³/mol. The molecule has 3 aromatic carbocycles. The van der Waals surface area contributed by atoms with Gasteiger partial charge in [-0.1, -0.05) is 63.3 Å². The van der Waals surface area contributed by atoms with Crippen LogP contribution >= 0.6 is 23.6 Å². The van der Waals surface area contributed by atoms with Gasteiger partial charge in [-0.2, -0.15) is 18.4 Å². The number of nitrogens with zero attached hydrogens (tertiary/aromatic N) is 4. The molecule has 6 rings (SSSR count). The Hall–Kier alpha value is -5.78. The van der Waals surface area contributed by atoms with E-state index in [1.807, 2.05) is 52.0 Å².